The van der Waals surface area contributed by atoms with E-state index in [1.54, 1.807) is 12.3 Å². The van der Waals surface area contributed by atoms with Gasteiger partial charge >= 0.3 is 0 Å². The van der Waals surface area contributed by atoms with Crippen molar-refractivity contribution in [3.63, 3.8) is 0 Å². The Morgan fingerprint density at radius 1 is 0.889 bits per heavy atom. The number of nitrogens with one attached hydrogen (secondary N) is 1. The molecule has 0 spiro atoms. The molecule has 1 aliphatic rings. The van der Waals surface area contributed by atoms with Crippen LogP contribution in [0.25, 0.3) is 39.5 Å². The number of piperidine rings is 1. The van der Waals surface area contributed by atoms with Crippen molar-refractivity contribution in [1.29, 1.82) is 0 Å². The number of aromatic hydroxyl groups is 1. The van der Waals surface area contributed by atoms with E-state index in [1.165, 1.54) is 11.6 Å². The van der Waals surface area contributed by atoms with Crippen molar-refractivity contribution in [1.82, 2.24) is 24.4 Å². The molecule has 1 aliphatic heterocycles. The average molecular weight is 596 g/mol. The quantitative estimate of drug-likeness (QED) is 0.175. The number of fused-ring (bicyclic) bond motifs is 1. The van der Waals surface area contributed by atoms with Gasteiger partial charge in [-0.3, -0.25) is 14.3 Å². The number of hydrogen-bond acceptors (Lipinski definition) is 8. The van der Waals surface area contributed by atoms with Gasteiger partial charge in [-0.05, 0) is 66.9 Å². The van der Waals surface area contributed by atoms with Crippen molar-refractivity contribution < 1.29 is 9.90 Å². The fourth-order valence-electron chi connectivity index (χ4n) is 6.03. The first-order valence-corrected chi connectivity index (χ1v) is 15.1. The summed E-state index contributed by atoms with van der Waals surface area (Å²) in [7, 11) is 0. The number of pyridine rings is 2. The summed E-state index contributed by atoms with van der Waals surface area (Å²) in [5, 5.41) is 13.5. The number of benzene rings is 3. The second-order valence-corrected chi connectivity index (χ2v) is 11.3. The zero-order valence-corrected chi connectivity index (χ0v) is 24.7. The predicted octanol–water partition coefficient (Wildman–Crippen LogP) is 6.33. The lowest BCUT2D eigenvalue weighted by Gasteiger charge is -2.33. The highest BCUT2D eigenvalue weighted by atomic mass is 16.3. The largest absolute Gasteiger partial charge is 0.507 e. The van der Waals surface area contributed by atoms with E-state index in [0.29, 0.717) is 29.2 Å². The van der Waals surface area contributed by atoms with E-state index in [1.807, 2.05) is 48.5 Å². The van der Waals surface area contributed by atoms with Gasteiger partial charge in [0.2, 0.25) is 0 Å². The molecule has 3 aromatic heterocycles. The molecule has 6 aromatic rings. The molecular weight excluding hydrogens is 562 g/mol. The van der Waals surface area contributed by atoms with E-state index in [9.17, 15) is 9.90 Å². The monoisotopic (exact) mass is 595 g/mol. The Kier molecular flexibility index (Phi) is 7.67. The van der Waals surface area contributed by atoms with Crippen LogP contribution < -0.4 is 11.1 Å². The Morgan fingerprint density at radius 3 is 2.44 bits per heavy atom. The summed E-state index contributed by atoms with van der Waals surface area (Å²) in [5.41, 5.74) is 13.7. The number of aldehydes is 1. The van der Waals surface area contributed by atoms with Crippen LogP contribution >= 0.6 is 0 Å². The zero-order valence-electron chi connectivity index (χ0n) is 24.7. The summed E-state index contributed by atoms with van der Waals surface area (Å²) in [4.78, 5) is 28.2. The Hall–Kier alpha value is -5.54. The van der Waals surface area contributed by atoms with Gasteiger partial charge in [-0.1, -0.05) is 48.5 Å². The molecule has 1 fully saturated rings. The van der Waals surface area contributed by atoms with E-state index >= 15 is 0 Å². The minimum atomic E-state index is 0.00279. The molecule has 0 saturated carbocycles. The number of hydrogen-bond donors (Lipinski definition) is 3. The Labute approximate surface area is 261 Å². The molecule has 1 saturated heterocycles. The number of likely N-dealkylation sites (tertiary alicyclic amines) is 1. The third-order valence-electron chi connectivity index (χ3n) is 8.40. The lowest BCUT2D eigenvalue weighted by atomic mass is 10.0. The van der Waals surface area contributed by atoms with E-state index in [0.717, 1.165) is 66.1 Å². The van der Waals surface area contributed by atoms with Crippen LogP contribution in [0.15, 0.2) is 103 Å². The summed E-state index contributed by atoms with van der Waals surface area (Å²) in [5.74, 6) is 1.11. The number of imidazole rings is 1. The number of phenolic OH excluding ortho intramolecular Hbond substituents is 1. The smallest absolute Gasteiger partial charge is 0.165 e. The molecule has 3 aromatic carbocycles. The van der Waals surface area contributed by atoms with E-state index < -0.39 is 0 Å². The number of anilines is 2. The Morgan fingerprint density at radius 2 is 1.69 bits per heavy atom. The lowest BCUT2D eigenvalue weighted by molar-refractivity contribution is 0.112. The minimum absolute atomic E-state index is 0.00279. The summed E-state index contributed by atoms with van der Waals surface area (Å²) < 4.78 is 2.06. The second-order valence-electron chi connectivity index (χ2n) is 11.3. The van der Waals surface area contributed by atoms with Gasteiger partial charge in [0.05, 0.1) is 16.8 Å². The molecule has 0 radical (unpaired) electrons. The highest BCUT2D eigenvalue weighted by molar-refractivity contribution is 5.88. The first-order valence-electron chi connectivity index (χ1n) is 15.1. The molecule has 9 nitrogen and oxygen atoms in total. The predicted molar refractivity (Wildman–Crippen MR) is 177 cm³/mol. The van der Waals surface area contributed by atoms with Crippen LogP contribution in [0.4, 0.5) is 11.5 Å². The number of carbonyl (C=O) groups is 1. The molecular formula is C36H33N7O2. The summed E-state index contributed by atoms with van der Waals surface area (Å²) >= 11 is 0. The van der Waals surface area contributed by atoms with Crippen LogP contribution in [0.1, 0.15) is 28.8 Å². The maximum atomic E-state index is 11.5. The molecule has 0 aliphatic carbocycles. The van der Waals surface area contributed by atoms with Crippen LogP contribution in [0.2, 0.25) is 0 Å². The van der Waals surface area contributed by atoms with E-state index in [2.05, 4.69) is 56.2 Å². The van der Waals surface area contributed by atoms with Crippen molar-refractivity contribution in [2.24, 2.45) is 0 Å². The number of phenols is 1. The average Bonchev–Trinajstić information content (AvgIpc) is 3.45. The highest BCUT2D eigenvalue weighted by Gasteiger charge is 2.22. The van der Waals surface area contributed by atoms with Crippen LogP contribution in [0.5, 0.6) is 5.75 Å². The maximum absolute atomic E-state index is 11.5. The summed E-state index contributed by atoms with van der Waals surface area (Å²) in [6.07, 6.45) is 4.27. The number of nitrogen functional groups attached to an aromatic ring is 1. The van der Waals surface area contributed by atoms with Crippen LogP contribution in [-0.4, -0.2) is 54.9 Å². The molecule has 7 rings (SSSR count). The minimum Gasteiger partial charge on any atom is -0.507 e. The number of aromatic nitrogens is 4. The van der Waals surface area contributed by atoms with Crippen molar-refractivity contribution in [3.8, 4) is 34.1 Å². The van der Waals surface area contributed by atoms with E-state index in [-0.39, 0.29) is 11.8 Å². The first-order chi connectivity index (χ1) is 22.1. The molecule has 0 amide bonds. The normalized spacial score (nSPS) is 14.0. The fraction of sp³-hybridized carbons (Fsp3) is 0.167. The van der Waals surface area contributed by atoms with E-state index in [4.69, 9.17) is 15.7 Å². The van der Waals surface area contributed by atoms with Gasteiger partial charge in [-0.2, -0.15) is 0 Å². The number of rotatable bonds is 8. The van der Waals surface area contributed by atoms with Crippen LogP contribution in [-0.2, 0) is 6.54 Å². The standard InChI is InChI=1S/C36H33N7O2/c37-34-28(8-5-19-38-34)35-41-32-16-15-30(25-6-2-1-3-7-25)40-36(32)43(35)27-13-11-24(12-14-27)22-42-20-17-26(18-21-42)39-31-9-4-10-33(45)29(31)23-44/h1-16,19,23,26,39,45H,17-18,20-22H2,(H2,37,38). The van der Waals surface area contributed by atoms with Gasteiger partial charge in [-0.25, -0.2) is 15.0 Å². The molecule has 4 heterocycles. The number of nitrogens with two attached hydrogens (primary N) is 1. The fourth-order valence-corrected chi connectivity index (χ4v) is 6.03. The molecule has 45 heavy (non-hydrogen) atoms. The third kappa shape index (κ3) is 5.73. The maximum Gasteiger partial charge on any atom is 0.165 e. The summed E-state index contributed by atoms with van der Waals surface area (Å²) in [6.45, 7) is 2.69. The van der Waals surface area contributed by atoms with Crippen molar-refractivity contribution in [3.05, 3.63) is 114 Å². The molecule has 0 bridgehead atoms. The first kappa shape index (κ1) is 28.2. The molecule has 224 valence electrons. The highest BCUT2D eigenvalue weighted by Crippen LogP contribution is 2.32. The van der Waals surface area contributed by atoms with Crippen molar-refractivity contribution in [2.75, 3.05) is 24.1 Å². The molecule has 9 heteroatoms. The Balaban J connectivity index is 1.12. The second kappa shape index (κ2) is 12.2. The van der Waals surface area contributed by atoms with Gasteiger partial charge in [-0.15, -0.1) is 0 Å². The van der Waals surface area contributed by atoms with Crippen LogP contribution in [0, 0.1) is 0 Å². The number of nitrogens with zero attached hydrogens (tertiary/aromatic N) is 5. The molecule has 0 atom stereocenters. The van der Waals surface area contributed by atoms with Crippen molar-refractivity contribution >= 4 is 29.0 Å². The SMILES string of the molecule is Nc1ncccc1-c1nc2ccc(-c3ccccc3)nc2n1-c1ccc(CN2CCC(Nc3cccc(O)c3C=O)CC2)cc1. The van der Waals surface area contributed by atoms with Gasteiger partial charge in [0.25, 0.3) is 0 Å². The molecule has 4 N–H and O–H groups in total. The zero-order chi connectivity index (χ0) is 30.8. The van der Waals surface area contributed by atoms with Gasteiger partial charge in [0.1, 0.15) is 17.1 Å². The van der Waals surface area contributed by atoms with Gasteiger partial charge in [0, 0.05) is 48.8 Å². The third-order valence-corrected chi connectivity index (χ3v) is 8.40. The lowest BCUT2D eigenvalue weighted by Crippen LogP contribution is -2.38. The van der Waals surface area contributed by atoms with Gasteiger partial charge in [0.15, 0.2) is 17.8 Å². The number of carbonyl (C=O) groups excluding carboxylic acids is 1. The summed E-state index contributed by atoms with van der Waals surface area (Å²) in [6, 6.07) is 31.8. The Bertz CT molecular complexity index is 1960. The van der Waals surface area contributed by atoms with Crippen LogP contribution in [0.3, 0.4) is 0 Å². The van der Waals surface area contributed by atoms with Gasteiger partial charge < -0.3 is 16.2 Å². The molecule has 0 unspecified atom stereocenters. The van der Waals surface area contributed by atoms with Crippen molar-refractivity contribution in [2.45, 2.75) is 25.4 Å². The topological polar surface area (TPSA) is 122 Å².